The first-order chi connectivity index (χ1) is 11.6. The molecule has 1 aliphatic rings. The minimum Gasteiger partial charge on any atom is -0.398 e. The molecule has 0 radical (unpaired) electrons. The van der Waals surface area contributed by atoms with Crippen LogP contribution in [0.15, 0.2) is 48.5 Å². The zero-order chi connectivity index (χ0) is 16.9. The number of carbonyl (C=O) groups excluding carboxylic acids is 2. The third-order valence-corrected chi connectivity index (χ3v) is 4.19. The summed E-state index contributed by atoms with van der Waals surface area (Å²) in [6.45, 7) is 1.88. The maximum atomic E-state index is 12.2. The van der Waals surface area contributed by atoms with Crippen LogP contribution in [0.2, 0.25) is 0 Å². The average Bonchev–Trinajstić information content (AvgIpc) is 2.98. The Kier molecular flexibility index (Phi) is 4.79. The number of hydrogen-bond acceptors (Lipinski definition) is 3. The van der Waals surface area contributed by atoms with E-state index in [1.807, 2.05) is 29.2 Å². The summed E-state index contributed by atoms with van der Waals surface area (Å²) in [5.74, 6) is 0.0292. The van der Waals surface area contributed by atoms with E-state index in [9.17, 15) is 9.59 Å². The number of anilines is 1. The maximum absolute atomic E-state index is 12.2. The average molecular weight is 323 g/mol. The number of carbonyl (C=O) groups is 2. The summed E-state index contributed by atoms with van der Waals surface area (Å²) in [6.07, 6.45) is 1.58. The molecular formula is C19H21N3O2. The molecule has 0 atom stereocenters. The molecule has 3 rings (SSSR count). The van der Waals surface area contributed by atoms with Crippen molar-refractivity contribution in [1.82, 2.24) is 10.2 Å². The van der Waals surface area contributed by atoms with Gasteiger partial charge in [-0.25, -0.2) is 0 Å². The monoisotopic (exact) mass is 323 g/mol. The molecular weight excluding hydrogens is 302 g/mol. The number of nitrogens with two attached hydrogens (primary N) is 1. The molecule has 1 fully saturated rings. The standard InChI is InChI=1S/C19H21N3O2/c20-17-8-2-1-7-16(17)19(24)21-12-14-5-3-6-15(11-14)13-22-10-4-9-18(22)23/h1-3,5-8,11H,4,9-10,12-13,20H2,(H,21,24). The number of rotatable bonds is 5. The zero-order valence-electron chi connectivity index (χ0n) is 13.5. The number of hydrogen-bond donors (Lipinski definition) is 2. The van der Waals surface area contributed by atoms with Crippen LogP contribution >= 0.6 is 0 Å². The van der Waals surface area contributed by atoms with Gasteiger partial charge in [0.05, 0.1) is 5.56 Å². The van der Waals surface area contributed by atoms with Gasteiger partial charge in [-0.15, -0.1) is 0 Å². The number of benzene rings is 2. The van der Waals surface area contributed by atoms with Crippen LogP contribution in [0.3, 0.4) is 0 Å². The first kappa shape index (κ1) is 16.1. The number of likely N-dealkylation sites (tertiary alicyclic amines) is 1. The second-order valence-electron chi connectivity index (χ2n) is 6.01. The van der Waals surface area contributed by atoms with Crippen molar-refractivity contribution in [3.8, 4) is 0 Å². The molecule has 5 nitrogen and oxygen atoms in total. The van der Waals surface area contributed by atoms with E-state index >= 15 is 0 Å². The SMILES string of the molecule is Nc1ccccc1C(=O)NCc1cccc(CN2CCCC2=O)c1. The van der Waals surface area contributed by atoms with Crippen molar-refractivity contribution >= 4 is 17.5 Å². The normalized spacial score (nSPS) is 14.0. The van der Waals surface area contributed by atoms with Gasteiger partial charge in [0.15, 0.2) is 0 Å². The van der Waals surface area contributed by atoms with Gasteiger partial charge in [-0.05, 0) is 29.7 Å². The molecule has 2 aromatic rings. The van der Waals surface area contributed by atoms with Crippen molar-refractivity contribution in [1.29, 1.82) is 0 Å². The van der Waals surface area contributed by atoms with E-state index in [2.05, 4.69) is 5.32 Å². The minimum absolute atomic E-state index is 0.187. The second kappa shape index (κ2) is 7.17. The molecule has 1 heterocycles. The third kappa shape index (κ3) is 3.74. The van der Waals surface area contributed by atoms with E-state index in [-0.39, 0.29) is 11.8 Å². The van der Waals surface area contributed by atoms with E-state index in [0.717, 1.165) is 24.1 Å². The number of nitrogens with one attached hydrogen (secondary N) is 1. The highest BCUT2D eigenvalue weighted by atomic mass is 16.2. The Balaban J connectivity index is 1.61. The molecule has 0 unspecified atom stereocenters. The number of nitrogens with zero attached hydrogens (tertiary/aromatic N) is 1. The van der Waals surface area contributed by atoms with Gasteiger partial charge in [0.25, 0.3) is 5.91 Å². The highest BCUT2D eigenvalue weighted by molar-refractivity contribution is 5.99. The van der Waals surface area contributed by atoms with Gasteiger partial charge in [0, 0.05) is 31.7 Å². The molecule has 0 aromatic heterocycles. The summed E-state index contributed by atoms with van der Waals surface area (Å²) in [4.78, 5) is 25.8. The first-order valence-corrected chi connectivity index (χ1v) is 8.12. The van der Waals surface area contributed by atoms with Crippen molar-refractivity contribution in [3.05, 3.63) is 65.2 Å². The fraction of sp³-hybridized carbons (Fsp3) is 0.263. The summed E-state index contributed by atoms with van der Waals surface area (Å²) in [5.41, 5.74) is 8.85. The van der Waals surface area contributed by atoms with Crippen molar-refractivity contribution < 1.29 is 9.59 Å². The highest BCUT2D eigenvalue weighted by Gasteiger charge is 2.19. The van der Waals surface area contributed by atoms with E-state index < -0.39 is 0 Å². The van der Waals surface area contributed by atoms with Gasteiger partial charge in [-0.2, -0.15) is 0 Å². The molecule has 1 aliphatic heterocycles. The Labute approximate surface area is 141 Å². The molecule has 3 N–H and O–H groups in total. The molecule has 1 saturated heterocycles. The minimum atomic E-state index is -0.187. The van der Waals surface area contributed by atoms with Gasteiger partial charge in [-0.3, -0.25) is 9.59 Å². The van der Waals surface area contributed by atoms with Crippen LogP contribution in [-0.2, 0) is 17.9 Å². The van der Waals surface area contributed by atoms with Gasteiger partial charge in [-0.1, -0.05) is 36.4 Å². The summed E-state index contributed by atoms with van der Waals surface area (Å²) < 4.78 is 0. The number of para-hydroxylation sites is 1. The van der Waals surface area contributed by atoms with E-state index in [1.54, 1.807) is 24.3 Å². The summed E-state index contributed by atoms with van der Waals surface area (Å²) >= 11 is 0. The van der Waals surface area contributed by atoms with Crippen LogP contribution in [0, 0.1) is 0 Å². The molecule has 2 aromatic carbocycles. The van der Waals surface area contributed by atoms with Crippen LogP contribution in [-0.4, -0.2) is 23.3 Å². The molecule has 5 heteroatoms. The predicted molar refractivity (Wildman–Crippen MR) is 93.1 cm³/mol. The lowest BCUT2D eigenvalue weighted by atomic mass is 10.1. The van der Waals surface area contributed by atoms with Crippen molar-refractivity contribution in [2.45, 2.75) is 25.9 Å². The Morgan fingerprint density at radius 3 is 2.67 bits per heavy atom. The summed E-state index contributed by atoms with van der Waals surface area (Å²) in [6, 6.07) is 15.0. The Hall–Kier alpha value is -2.82. The largest absolute Gasteiger partial charge is 0.398 e. The van der Waals surface area contributed by atoms with Crippen molar-refractivity contribution in [3.63, 3.8) is 0 Å². The van der Waals surface area contributed by atoms with Gasteiger partial charge in [0.2, 0.25) is 5.91 Å². The summed E-state index contributed by atoms with van der Waals surface area (Å²) in [5, 5.41) is 2.89. The van der Waals surface area contributed by atoms with E-state index in [0.29, 0.717) is 30.8 Å². The lowest BCUT2D eigenvalue weighted by Crippen LogP contribution is -2.25. The Morgan fingerprint density at radius 2 is 1.92 bits per heavy atom. The fourth-order valence-corrected chi connectivity index (χ4v) is 2.91. The smallest absolute Gasteiger partial charge is 0.253 e. The number of amides is 2. The fourth-order valence-electron chi connectivity index (χ4n) is 2.91. The topological polar surface area (TPSA) is 75.4 Å². The van der Waals surface area contributed by atoms with Crippen LogP contribution in [0.5, 0.6) is 0 Å². The highest BCUT2D eigenvalue weighted by Crippen LogP contribution is 2.15. The van der Waals surface area contributed by atoms with Gasteiger partial charge >= 0.3 is 0 Å². The van der Waals surface area contributed by atoms with Gasteiger partial charge < -0.3 is 16.0 Å². The maximum Gasteiger partial charge on any atom is 0.253 e. The Morgan fingerprint density at radius 1 is 1.12 bits per heavy atom. The molecule has 0 saturated carbocycles. The third-order valence-electron chi connectivity index (χ3n) is 4.19. The molecule has 0 bridgehead atoms. The van der Waals surface area contributed by atoms with E-state index in [4.69, 9.17) is 5.73 Å². The Bertz CT molecular complexity index is 758. The zero-order valence-corrected chi connectivity index (χ0v) is 13.5. The van der Waals surface area contributed by atoms with Crippen molar-refractivity contribution in [2.24, 2.45) is 0 Å². The van der Waals surface area contributed by atoms with Crippen LogP contribution in [0.4, 0.5) is 5.69 Å². The molecule has 24 heavy (non-hydrogen) atoms. The quantitative estimate of drug-likeness (QED) is 0.829. The lowest BCUT2D eigenvalue weighted by molar-refractivity contribution is -0.128. The van der Waals surface area contributed by atoms with Gasteiger partial charge in [0.1, 0.15) is 0 Å². The molecule has 2 amide bonds. The lowest BCUT2D eigenvalue weighted by Gasteiger charge is -2.16. The van der Waals surface area contributed by atoms with Crippen molar-refractivity contribution in [2.75, 3.05) is 12.3 Å². The van der Waals surface area contributed by atoms with Crippen LogP contribution in [0.1, 0.15) is 34.3 Å². The predicted octanol–water partition coefficient (Wildman–Crippen LogP) is 2.32. The number of nitrogen functional groups attached to an aromatic ring is 1. The molecule has 0 spiro atoms. The first-order valence-electron chi connectivity index (χ1n) is 8.12. The van der Waals surface area contributed by atoms with Crippen LogP contribution in [0.25, 0.3) is 0 Å². The molecule has 124 valence electrons. The molecule has 0 aliphatic carbocycles. The summed E-state index contributed by atoms with van der Waals surface area (Å²) in [7, 11) is 0. The van der Waals surface area contributed by atoms with E-state index in [1.165, 1.54) is 0 Å². The van der Waals surface area contributed by atoms with Crippen LogP contribution < -0.4 is 11.1 Å². The second-order valence-corrected chi connectivity index (χ2v) is 6.01.